The van der Waals surface area contributed by atoms with Crippen molar-refractivity contribution in [2.75, 3.05) is 4.90 Å². The lowest BCUT2D eigenvalue weighted by molar-refractivity contribution is 0.0597. The van der Waals surface area contributed by atoms with E-state index in [1.54, 1.807) is 19.2 Å². The van der Waals surface area contributed by atoms with E-state index in [1.165, 1.54) is 4.90 Å². The number of hydrogen-bond acceptors (Lipinski definition) is 5. The predicted molar refractivity (Wildman–Crippen MR) is 97.9 cm³/mol. The lowest BCUT2D eigenvalue weighted by Crippen LogP contribution is -2.35. The summed E-state index contributed by atoms with van der Waals surface area (Å²) in [6.45, 7) is 7.86. The number of anilines is 2. The summed E-state index contributed by atoms with van der Waals surface area (Å²) in [5.41, 5.74) is 2.68. The number of aryl methyl sites for hydroxylation is 1. The summed E-state index contributed by atoms with van der Waals surface area (Å²) in [6.07, 6.45) is 1.22. The third-order valence-corrected chi connectivity index (χ3v) is 3.66. The van der Waals surface area contributed by atoms with Gasteiger partial charge < -0.3 is 4.74 Å². The molecule has 2 aromatic rings. The number of amides is 1. The summed E-state index contributed by atoms with van der Waals surface area (Å²) in [5.74, 6) is 0.175. The number of ether oxygens (including phenoxy) is 1. The standard InChI is InChI=1S/C18H19ClN4O2/c1-11-7-15(19)22-16(21-11)23(17(24)25-18(2,3)4)14-6-5-12-9-20-10-13(12)8-14/h5-8,10H,9H2,1-4H3. The Labute approximate surface area is 151 Å². The first-order valence-corrected chi connectivity index (χ1v) is 8.28. The van der Waals surface area contributed by atoms with Gasteiger partial charge in [0.05, 0.1) is 12.2 Å². The van der Waals surface area contributed by atoms with Crippen LogP contribution in [0.15, 0.2) is 29.3 Å². The molecule has 0 fully saturated rings. The predicted octanol–water partition coefficient (Wildman–Crippen LogP) is 4.44. The maximum atomic E-state index is 12.8. The normalized spacial score (nSPS) is 12.8. The van der Waals surface area contributed by atoms with E-state index in [-0.39, 0.29) is 11.1 Å². The SMILES string of the molecule is Cc1cc(Cl)nc(N(C(=O)OC(C)(C)C)c2ccc3c(c2)C=NC3)n1. The smallest absolute Gasteiger partial charge is 0.421 e. The molecule has 1 aromatic carbocycles. The van der Waals surface area contributed by atoms with Crippen molar-refractivity contribution >= 4 is 35.5 Å². The summed E-state index contributed by atoms with van der Waals surface area (Å²) in [7, 11) is 0. The maximum Gasteiger partial charge on any atom is 0.421 e. The molecule has 130 valence electrons. The van der Waals surface area contributed by atoms with Crippen molar-refractivity contribution in [2.45, 2.75) is 39.8 Å². The Morgan fingerprint density at radius 2 is 2.00 bits per heavy atom. The van der Waals surface area contributed by atoms with Crippen LogP contribution in [-0.4, -0.2) is 27.9 Å². The fraction of sp³-hybridized carbons (Fsp3) is 0.333. The van der Waals surface area contributed by atoms with Crippen molar-refractivity contribution in [2.24, 2.45) is 4.99 Å². The van der Waals surface area contributed by atoms with E-state index in [4.69, 9.17) is 16.3 Å². The van der Waals surface area contributed by atoms with Gasteiger partial charge in [0, 0.05) is 11.9 Å². The van der Waals surface area contributed by atoms with Crippen molar-refractivity contribution in [3.63, 3.8) is 0 Å². The van der Waals surface area contributed by atoms with Crippen molar-refractivity contribution < 1.29 is 9.53 Å². The van der Waals surface area contributed by atoms with Crippen LogP contribution in [0.2, 0.25) is 5.15 Å². The Hall–Kier alpha value is -2.47. The van der Waals surface area contributed by atoms with Gasteiger partial charge in [-0.15, -0.1) is 0 Å². The highest BCUT2D eigenvalue weighted by Gasteiger charge is 2.28. The monoisotopic (exact) mass is 358 g/mol. The Balaban J connectivity index is 2.08. The number of rotatable bonds is 2. The molecular weight excluding hydrogens is 340 g/mol. The highest BCUT2D eigenvalue weighted by molar-refractivity contribution is 6.29. The fourth-order valence-electron chi connectivity index (χ4n) is 2.45. The molecule has 0 saturated carbocycles. The van der Waals surface area contributed by atoms with E-state index in [2.05, 4.69) is 15.0 Å². The third-order valence-electron chi connectivity index (χ3n) is 3.47. The van der Waals surface area contributed by atoms with Gasteiger partial charge >= 0.3 is 6.09 Å². The molecule has 6 nitrogen and oxygen atoms in total. The molecule has 0 radical (unpaired) electrons. The van der Waals surface area contributed by atoms with E-state index in [9.17, 15) is 4.79 Å². The van der Waals surface area contributed by atoms with Gasteiger partial charge in [-0.25, -0.2) is 19.7 Å². The van der Waals surface area contributed by atoms with Gasteiger partial charge in [0.25, 0.3) is 0 Å². The highest BCUT2D eigenvalue weighted by Crippen LogP contribution is 2.29. The number of aromatic nitrogens is 2. The lowest BCUT2D eigenvalue weighted by atomic mass is 10.1. The Kier molecular flexibility index (Phi) is 4.47. The minimum Gasteiger partial charge on any atom is -0.443 e. The molecular formula is C18H19ClN4O2. The molecule has 0 N–H and O–H groups in total. The minimum atomic E-state index is -0.652. The van der Waals surface area contributed by atoms with Crippen LogP contribution >= 0.6 is 11.6 Å². The molecule has 25 heavy (non-hydrogen) atoms. The van der Waals surface area contributed by atoms with Crippen LogP contribution in [0.5, 0.6) is 0 Å². The maximum absolute atomic E-state index is 12.8. The number of halogens is 1. The molecule has 1 amide bonds. The molecule has 1 aliphatic rings. The largest absolute Gasteiger partial charge is 0.443 e. The quantitative estimate of drug-likeness (QED) is 0.744. The number of aliphatic imine (C=N–C) groups is 1. The Morgan fingerprint density at radius 3 is 2.68 bits per heavy atom. The van der Waals surface area contributed by atoms with Crippen LogP contribution in [0.3, 0.4) is 0 Å². The second-order valence-electron chi connectivity index (χ2n) is 6.80. The lowest BCUT2D eigenvalue weighted by Gasteiger charge is -2.26. The second-order valence-corrected chi connectivity index (χ2v) is 7.19. The number of carbonyl (C=O) groups excluding carboxylic acids is 1. The van der Waals surface area contributed by atoms with Gasteiger partial charge in [0.1, 0.15) is 10.8 Å². The number of carbonyl (C=O) groups is 1. The van der Waals surface area contributed by atoms with E-state index >= 15 is 0 Å². The molecule has 0 aliphatic carbocycles. The highest BCUT2D eigenvalue weighted by atomic mass is 35.5. The van der Waals surface area contributed by atoms with Crippen molar-refractivity contribution in [1.29, 1.82) is 0 Å². The summed E-state index contributed by atoms with van der Waals surface area (Å²) < 4.78 is 5.54. The molecule has 0 unspecified atom stereocenters. The third kappa shape index (κ3) is 3.96. The minimum absolute atomic E-state index is 0.175. The molecule has 1 aliphatic heterocycles. The van der Waals surface area contributed by atoms with Gasteiger partial charge in [-0.2, -0.15) is 0 Å². The van der Waals surface area contributed by atoms with Gasteiger partial charge in [-0.1, -0.05) is 17.7 Å². The fourth-order valence-corrected chi connectivity index (χ4v) is 2.69. The summed E-state index contributed by atoms with van der Waals surface area (Å²) >= 11 is 6.06. The van der Waals surface area contributed by atoms with Crippen LogP contribution in [-0.2, 0) is 11.3 Å². The van der Waals surface area contributed by atoms with Crippen LogP contribution < -0.4 is 4.90 Å². The van der Waals surface area contributed by atoms with Gasteiger partial charge in [0.15, 0.2) is 0 Å². The van der Waals surface area contributed by atoms with Crippen molar-refractivity contribution in [3.05, 3.63) is 46.2 Å². The Bertz CT molecular complexity index is 838. The zero-order valence-electron chi connectivity index (χ0n) is 14.6. The molecule has 7 heteroatoms. The molecule has 3 rings (SSSR count). The number of hydrogen-bond donors (Lipinski definition) is 0. The van der Waals surface area contributed by atoms with Gasteiger partial charge in [-0.05, 0) is 57.0 Å². The zero-order valence-corrected chi connectivity index (χ0v) is 15.3. The zero-order chi connectivity index (χ0) is 18.2. The second kappa shape index (κ2) is 6.44. The molecule has 0 saturated heterocycles. The van der Waals surface area contributed by atoms with Crippen LogP contribution in [0.25, 0.3) is 0 Å². The van der Waals surface area contributed by atoms with E-state index in [0.29, 0.717) is 17.9 Å². The summed E-state index contributed by atoms with van der Waals surface area (Å²) in [5, 5.41) is 0.263. The first-order chi connectivity index (χ1) is 11.7. The van der Waals surface area contributed by atoms with Gasteiger partial charge in [0.2, 0.25) is 5.95 Å². The van der Waals surface area contributed by atoms with Gasteiger partial charge in [-0.3, -0.25) is 4.99 Å². The van der Waals surface area contributed by atoms with Crippen LogP contribution in [0.1, 0.15) is 37.6 Å². The molecule has 0 bridgehead atoms. The average molecular weight is 359 g/mol. The average Bonchev–Trinajstić information content (AvgIpc) is 2.92. The molecule has 2 heterocycles. The van der Waals surface area contributed by atoms with Crippen LogP contribution in [0.4, 0.5) is 16.4 Å². The molecule has 0 spiro atoms. The number of nitrogens with zero attached hydrogens (tertiary/aromatic N) is 4. The van der Waals surface area contributed by atoms with Crippen LogP contribution in [0, 0.1) is 6.92 Å². The molecule has 1 aromatic heterocycles. The van der Waals surface area contributed by atoms with E-state index in [0.717, 1.165) is 11.1 Å². The molecule has 0 atom stereocenters. The number of fused-ring (bicyclic) bond motifs is 1. The van der Waals surface area contributed by atoms with Crippen molar-refractivity contribution in [3.8, 4) is 0 Å². The summed E-state index contributed by atoms with van der Waals surface area (Å²) in [6, 6.07) is 7.27. The number of benzene rings is 1. The Morgan fingerprint density at radius 1 is 1.24 bits per heavy atom. The van der Waals surface area contributed by atoms with E-state index in [1.807, 2.05) is 39.0 Å². The topological polar surface area (TPSA) is 67.7 Å². The first kappa shape index (κ1) is 17.4. The summed E-state index contributed by atoms with van der Waals surface area (Å²) in [4.78, 5) is 27.0. The first-order valence-electron chi connectivity index (χ1n) is 7.90. The van der Waals surface area contributed by atoms with Crippen molar-refractivity contribution in [1.82, 2.24) is 9.97 Å². The van der Waals surface area contributed by atoms with E-state index < -0.39 is 11.7 Å².